The van der Waals surface area contributed by atoms with Crippen molar-refractivity contribution in [1.29, 1.82) is 0 Å². The normalized spacial score (nSPS) is 13.6. The predicted molar refractivity (Wildman–Crippen MR) is 38.8 cm³/mol. The van der Waals surface area contributed by atoms with Gasteiger partial charge < -0.3 is 5.11 Å². The fourth-order valence-corrected chi connectivity index (χ4v) is 0.812. The van der Waals surface area contributed by atoms with E-state index in [1.54, 1.807) is 20.0 Å². The van der Waals surface area contributed by atoms with E-state index in [1.165, 1.54) is 4.09 Å². The molecule has 0 amide bonds. The van der Waals surface area contributed by atoms with E-state index in [0.717, 1.165) is 0 Å². The highest BCUT2D eigenvalue weighted by Crippen LogP contribution is 2.11. The number of hydrogen-bond acceptors (Lipinski definition) is 2. The summed E-state index contributed by atoms with van der Waals surface area (Å²) in [5, 5.41) is 9.03. The monoisotopic (exact) mass is 160 g/mol. The Hall–Kier alpha value is -0.540. The van der Waals surface area contributed by atoms with Crippen LogP contribution in [0.2, 0.25) is 0 Å². The lowest BCUT2D eigenvalue weighted by Crippen LogP contribution is -1.89. The molecule has 0 fully saturated rings. The van der Waals surface area contributed by atoms with E-state index in [-0.39, 0.29) is 0 Å². The van der Waals surface area contributed by atoms with Crippen molar-refractivity contribution in [3.05, 3.63) is 17.7 Å². The summed E-state index contributed by atoms with van der Waals surface area (Å²) >= 11 is 5.62. The van der Waals surface area contributed by atoms with Crippen LogP contribution in [-0.2, 0) is 0 Å². The summed E-state index contributed by atoms with van der Waals surface area (Å²) in [4.78, 5) is 3.99. The summed E-state index contributed by atoms with van der Waals surface area (Å²) in [6.07, 6.45) is 1.06. The van der Waals surface area contributed by atoms with Gasteiger partial charge in [-0.15, -0.1) is 0 Å². The molecule has 1 rings (SSSR count). The molecule has 1 aromatic heterocycles. The summed E-state index contributed by atoms with van der Waals surface area (Å²) in [6, 6.07) is 0. The molecule has 0 aliphatic carbocycles. The zero-order chi connectivity index (χ0) is 7.72. The number of aliphatic hydroxyl groups excluding tert-OH is 1. The van der Waals surface area contributed by atoms with E-state index in [9.17, 15) is 0 Å². The average Bonchev–Trinajstić information content (AvgIpc) is 2.13. The molecule has 1 aromatic rings. The number of hydrogen-bond donors (Lipinski definition) is 1. The number of rotatable bonds is 1. The molecule has 1 atom stereocenters. The zero-order valence-electron chi connectivity index (χ0n) is 5.87. The lowest BCUT2D eigenvalue weighted by molar-refractivity contribution is 0.195. The van der Waals surface area contributed by atoms with E-state index in [4.69, 9.17) is 16.9 Å². The van der Waals surface area contributed by atoms with Crippen LogP contribution in [0.4, 0.5) is 0 Å². The van der Waals surface area contributed by atoms with Gasteiger partial charge in [-0.1, -0.05) is 0 Å². The Labute approximate surface area is 64.4 Å². The third-order valence-corrected chi connectivity index (χ3v) is 1.62. The Kier molecular flexibility index (Phi) is 1.97. The molecule has 56 valence electrons. The Morgan fingerprint density at radius 3 is 2.60 bits per heavy atom. The van der Waals surface area contributed by atoms with Gasteiger partial charge in [0.05, 0.1) is 11.8 Å². The molecule has 0 spiro atoms. The summed E-state index contributed by atoms with van der Waals surface area (Å²) in [5.74, 6) is 0.692. The smallest absolute Gasteiger partial charge is 0.120 e. The van der Waals surface area contributed by atoms with E-state index < -0.39 is 6.10 Å². The number of aliphatic hydroxyl groups is 1. The average molecular weight is 161 g/mol. The minimum absolute atomic E-state index is 0.543. The third-order valence-electron chi connectivity index (χ3n) is 1.27. The third kappa shape index (κ3) is 1.30. The number of halogens is 1. The Morgan fingerprint density at radius 1 is 1.80 bits per heavy atom. The van der Waals surface area contributed by atoms with Gasteiger partial charge in [-0.05, 0) is 13.8 Å². The van der Waals surface area contributed by atoms with Crippen molar-refractivity contribution < 1.29 is 5.11 Å². The maximum Gasteiger partial charge on any atom is 0.120 e. The fourth-order valence-electron chi connectivity index (χ4n) is 0.674. The molecule has 4 heteroatoms. The molecule has 10 heavy (non-hydrogen) atoms. The van der Waals surface area contributed by atoms with Crippen molar-refractivity contribution in [2.75, 3.05) is 0 Å². The molecular formula is C6H9ClN2O. The van der Waals surface area contributed by atoms with Crippen LogP contribution in [0.5, 0.6) is 0 Å². The number of aromatic nitrogens is 2. The van der Waals surface area contributed by atoms with Crippen molar-refractivity contribution in [2.24, 2.45) is 0 Å². The Bertz CT molecular complexity index is 212. The first kappa shape index (κ1) is 7.57. The first-order valence-corrected chi connectivity index (χ1v) is 3.35. The molecule has 1 heterocycles. The highest BCUT2D eigenvalue weighted by molar-refractivity contribution is 6.15. The summed E-state index contributed by atoms with van der Waals surface area (Å²) in [6.45, 7) is 3.43. The molecule has 0 saturated carbocycles. The molecule has 1 N–H and O–H groups in total. The van der Waals surface area contributed by atoms with E-state index in [2.05, 4.69) is 4.98 Å². The van der Waals surface area contributed by atoms with Crippen LogP contribution in [-0.4, -0.2) is 14.2 Å². The lowest BCUT2D eigenvalue weighted by Gasteiger charge is -1.94. The van der Waals surface area contributed by atoms with Gasteiger partial charge in [-0.3, -0.25) is 0 Å². The maximum atomic E-state index is 9.03. The summed E-state index contributed by atoms with van der Waals surface area (Å²) in [7, 11) is 0. The number of aryl methyl sites for hydroxylation is 1. The first-order valence-electron chi connectivity index (χ1n) is 3.01. The molecule has 3 nitrogen and oxygen atoms in total. The topological polar surface area (TPSA) is 38.1 Å². The predicted octanol–water partition coefficient (Wildman–Crippen LogP) is 1.25. The molecule has 0 bridgehead atoms. The minimum atomic E-state index is -0.543. The lowest BCUT2D eigenvalue weighted by atomic mass is 10.3. The molecule has 0 aromatic carbocycles. The fraction of sp³-hybridized carbons (Fsp3) is 0.500. The highest BCUT2D eigenvalue weighted by atomic mass is 35.5. The summed E-state index contributed by atoms with van der Waals surface area (Å²) < 4.78 is 1.36. The SMILES string of the molecule is Cc1nc(C(C)O)cn1Cl. The molecular weight excluding hydrogens is 152 g/mol. The van der Waals surface area contributed by atoms with Gasteiger partial charge in [-0.25, -0.2) is 9.07 Å². The largest absolute Gasteiger partial charge is 0.387 e. The first-order chi connectivity index (χ1) is 4.61. The molecule has 0 saturated heterocycles. The van der Waals surface area contributed by atoms with E-state index in [1.807, 2.05) is 0 Å². The van der Waals surface area contributed by atoms with Crippen LogP contribution >= 0.6 is 11.8 Å². The molecule has 0 aliphatic heterocycles. The number of imidazole rings is 1. The van der Waals surface area contributed by atoms with Gasteiger partial charge in [0.25, 0.3) is 0 Å². The van der Waals surface area contributed by atoms with E-state index in [0.29, 0.717) is 11.5 Å². The highest BCUT2D eigenvalue weighted by Gasteiger charge is 2.06. The van der Waals surface area contributed by atoms with Crippen molar-refractivity contribution in [2.45, 2.75) is 20.0 Å². The van der Waals surface area contributed by atoms with Gasteiger partial charge in [0, 0.05) is 18.0 Å². The second-order valence-electron chi connectivity index (χ2n) is 2.20. The van der Waals surface area contributed by atoms with Gasteiger partial charge in [0.15, 0.2) is 0 Å². The number of nitrogens with zero attached hydrogens (tertiary/aromatic N) is 2. The molecule has 1 unspecified atom stereocenters. The van der Waals surface area contributed by atoms with Crippen LogP contribution in [0.1, 0.15) is 24.5 Å². The summed E-state index contributed by atoms with van der Waals surface area (Å²) in [5.41, 5.74) is 0.604. The minimum Gasteiger partial charge on any atom is -0.387 e. The Morgan fingerprint density at radius 2 is 2.40 bits per heavy atom. The van der Waals surface area contributed by atoms with Crippen LogP contribution in [0.15, 0.2) is 6.20 Å². The van der Waals surface area contributed by atoms with Crippen LogP contribution in [0, 0.1) is 6.92 Å². The van der Waals surface area contributed by atoms with Crippen LogP contribution in [0.25, 0.3) is 0 Å². The van der Waals surface area contributed by atoms with Crippen molar-refractivity contribution in [3.63, 3.8) is 0 Å². The van der Waals surface area contributed by atoms with Gasteiger partial charge in [0.1, 0.15) is 5.82 Å². The van der Waals surface area contributed by atoms with Crippen LogP contribution in [0.3, 0.4) is 0 Å². The quantitative estimate of drug-likeness (QED) is 0.672. The van der Waals surface area contributed by atoms with Gasteiger partial charge in [-0.2, -0.15) is 0 Å². The zero-order valence-corrected chi connectivity index (χ0v) is 6.63. The van der Waals surface area contributed by atoms with Crippen LogP contribution < -0.4 is 0 Å². The molecule has 0 aliphatic rings. The van der Waals surface area contributed by atoms with Gasteiger partial charge in [0.2, 0.25) is 0 Å². The van der Waals surface area contributed by atoms with Crippen molar-refractivity contribution >= 4 is 11.8 Å². The standard InChI is InChI=1S/C6H9ClN2O/c1-4(10)6-3-9(7)5(2)8-6/h3-4,10H,1-2H3. The second-order valence-corrected chi connectivity index (χ2v) is 2.56. The maximum absolute atomic E-state index is 9.03. The Balaban J connectivity index is 2.98. The molecule has 0 radical (unpaired) electrons. The van der Waals surface area contributed by atoms with E-state index >= 15 is 0 Å². The second kappa shape index (κ2) is 2.60. The van der Waals surface area contributed by atoms with Gasteiger partial charge >= 0.3 is 0 Å². The van der Waals surface area contributed by atoms with Crippen molar-refractivity contribution in [3.8, 4) is 0 Å². The van der Waals surface area contributed by atoms with Crippen molar-refractivity contribution in [1.82, 2.24) is 9.07 Å².